The molecular formula is C6H7BN2O4. The van der Waals surface area contributed by atoms with Gasteiger partial charge in [0.15, 0.2) is 11.5 Å². The van der Waals surface area contributed by atoms with Crippen molar-refractivity contribution in [1.29, 1.82) is 0 Å². The highest BCUT2D eigenvalue weighted by Crippen LogP contribution is 2.00. The molecule has 1 rings (SSSR count). The van der Waals surface area contributed by atoms with Crippen LogP contribution in [0.4, 0.5) is 4.79 Å². The Hall–Kier alpha value is -1.79. The maximum Gasteiger partial charge on any atom is 0.357 e. The van der Waals surface area contributed by atoms with E-state index in [-0.39, 0.29) is 23.9 Å². The van der Waals surface area contributed by atoms with Crippen LogP contribution >= 0.6 is 0 Å². The Balaban J connectivity index is 2.59. The van der Waals surface area contributed by atoms with Gasteiger partial charge < -0.3 is 14.8 Å². The van der Waals surface area contributed by atoms with E-state index in [0.29, 0.717) is 0 Å². The summed E-state index contributed by atoms with van der Waals surface area (Å²) in [4.78, 5) is 24.4. The van der Waals surface area contributed by atoms with Crippen LogP contribution in [0, 0.1) is 0 Å². The smallest absolute Gasteiger partial charge is 0.357 e. The van der Waals surface area contributed by atoms with Gasteiger partial charge in [-0.05, 0) is 0 Å². The molecule has 0 fully saturated rings. The van der Waals surface area contributed by atoms with E-state index in [9.17, 15) is 9.59 Å². The molecule has 0 aliphatic rings. The van der Waals surface area contributed by atoms with Crippen molar-refractivity contribution in [3.63, 3.8) is 0 Å². The van der Waals surface area contributed by atoms with Crippen molar-refractivity contribution in [3.05, 3.63) is 17.8 Å². The molecule has 0 atom stereocenters. The monoisotopic (exact) mass is 182 g/mol. The summed E-state index contributed by atoms with van der Waals surface area (Å²) >= 11 is 0. The van der Waals surface area contributed by atoms with Crippen molar-refractivity contribution in [3.8, 4) is 0 Å². The van der Waals surface area contributed by atoms with Gasteiger partial charge in [0.05, 0.1) is 6.54 Å². The predicted octanol–water partition coefficient (Wildman–Crippen LogP) is -0.785. The number of nitrogens with one attached hydrogen (secondary N) is 1. The second-order valence-corrected chi connectivity index (χ2v) is 2.34. The zero-order valence-corrected chi connectivity index (χ0v) is 6.90. The van der Waals surface area contributed by atoms with Crippen LogP contribution in [0.1, 0.15) is 16.4 Å². The summed E-state index contributed by atoms with van der Waals surface area (Å²) in [6.07, 6.45) is 1.03. The topological polar surface area (TPSA) is 92.4 Å². The highest BCUT2D eigenvalue weighted by Gasteiger charge is 2.09. The molecule has 1 heterocycles. The van der Waals surface area contributed by atoms with Crippen molar-refractivity contribution in [2.75, 3.05) is 0 Å². The lowest BCUT2D eigenvalue weighted by atomic mass is 10.1. The van der Waals surface area contributed by atoms with Crippen LogP contribution in [0.15, 0.2) is 10.7 Å². The van der Waals surface area contributed by atoms with Gasteiger partial charge in [-0.2, -0.15) is 0 Å². The zero-order valence-electron chi connectivity index (χ0n) is 6.90. The number of nitrogens with zero attached hydrogens (tertiary/aromatic N) is 1. The van der Waals surface area contributed by atoms with Crippen LogP contribution in [0.25, 0.3) is 0 Å². The lowest BCUT2D eigenvalue weighted by Crippen LogP contribution is -2.20. The summed E-state index contributed by atoms with van der Waals surface area (Å²) in [5.41, 5.74) is -0.166. The van der Waals surface area contributed by atoms with Crippen molar-refractivity contribution in [2.24, 2.45) is 0 Å². The van der Waals surface area contributed by atoms with Gasteiger partial charge in [0.2, 0.25) is 13.7 Å². The highest BCUT2D eigenvalue weighted by atomic mass is 16.4. The Labute approximate surface area is 74.4 Å². The average Bonchev–Trinajstić information content (AvgIpc) is 2.48. The van der Waals surface area contributed by atoms with Gasteiger partial charge in [0.1, 0.15) is 6.26 Å². The molecule has 0 unspecified atom stereocenters. The molecule has 1 aromatic rings. The van der Waals surface area contributed by atoms with Crippen LogP contribution in [-0.2, 0) is 6.54 Å². The van der Waals surface area contributed by atoms with E-state index in [1.54, 1.807) is 0 Å². The minimum absolute atomic E-state index is 0.0998. The van der Waals surface area contributed by atoms with Crippen LogP contribution in [-0.4, -0.2) is 29.7 Å². The number of hydrogen-bond acceptors (Lipinski definition) is 4. The molecule has 0 aromatic carbocycles. The minimum atomic E-state index is -1.15. The van der Waals surface area contributed by atoms with Crippen LogP contribution < -0.4 is 5.32 Å². The van der Waals surface area contributed by atoms with E-state index >= 15 is 0 Å². The van der Waals surface area contributed by atoms with Crippen molar-refractivity contribution >= 4 is 19.6 Å². The fourth-order valence-electron chi connectivity index (χ4n) is 0.690. The Morgan fingerprint density at radius 3 is 2.85 bits per heavy atom. The number of carbonyl (C=O) groups is 2. The number of amides is 1. The number of aromatic nitrogens is 1. The number of carbonyl (C=O) groups excluding carboxylic acids is 1. The first kappa shape index (κ1) is 9.30. The first-order chi connectivity index (χ1) is 6.09. The minimum Gasteiger partial charge on any atom is -0.476 e. The largest absolute Gasteiger partial charge is 0.476 e. The summed E-state index contributed by atoms with van der Waals surface area (Å²) < 4.78 is 4.77. The molecule has 0 aliphatic heterocycles. The maximum atomic E-state index is 10.5. The Morgan fingerprint density at radius 1 is 1.69 bits per heavy atom. The van der Waals surface area contributed by atoms with Gasteiger partial charge in [-0.3, -0.25) is 4.79 Å². The average molecular weight is 182 g/mol. The van der Waals surface area contributed by atoms with Gasteiger partial charge in [0, 0.05) is 0 Å². The van der Waals surface area contributed by atoms with E-state index in [4.69, 9.17) is 9.52 Å². The van der Waals surface area contributed by atoms with Gasteiger partial charge in [0.25, 0.3) is 0 Å². The molecule has 0 saturated carbocycles. The number of oxazole rings is 1. The quantitative estimate of drug-likeness (QED) is 0.597. The van der Waals surface area contributed by atoms with Crippen molar-refractivity contribution in [1.82, 2.24) is 10.3 Å². The van der Waals surface area contributed by atoms with E-state index in [2.05, 4.69) is 10.3 Å². The van der Waals surface area contributed by atoms with E-state index in [0.717, 1.165) is 6.26 Å². The second-order valence-electron chi connectivity index (χ2n) is 2.34. The third kappa shape index (κ3) is 2.62. The van der Waals surface area contributed by atoms with Crippen LogP contribution in [0.2, 0.25) is 0 Å². The van der Waals surface area contributed by atoms with E-state index < -0.39 is 5.97 Å². The molecule has 1 aromatic heterocycles. The SMILES string of the molecule is BC(=O)NCc1nc(C(=O)O)co1. The highest BCUT2D eigenvalue weighted by molar-refractivity contribution is 6.57. The summed E-state index contributed by atoms with van der Waals surface area (Å²) in [6, 6.07) is 0. The number of carboxylic acid groups (broad SMARTS) is 1. The third-order valence-corrected chi connectivity index (χ3v) is 1.26. The number of hydrogen-bond donors (Lipinski definition) is 2. The van der Waals surface area contributed by atoms with Gasteiger partial charge in [-0.1, -0.05) is 0 Å². The molecule has 0 radical (unpaired) electrons. The van der Waals surface area contributed by atoms with Crippen LogP contribution in [0.3, 0.4) is 0 Å². The zero-order chi connectivity index (χ0) is 9.84. The molecule has 0 bridgehead atoms. The standard InChI is InChI=1S/C6H7BN2O4/c7-6(12)8-1-4-9-3(2-13-4)5(10)11/h2H,1,7H2,(H,8,12)(H,10,11). The molecule has 13 heavy (non-hydrogen) atoms. The molecule has 68 valence electrons. The first-order valence-corrected chi connectivity index (χ1v) is 3.51. The summed E-state index contributed by atoms with van der Waals surface area (Å²) in [6.45, 7) is 0.0998. The van der Waals surface area contributed by atoms with Gasteiger partial charge in [-0.25, -0.2) is 9.78 Å². The predicted molar refractivity (Wildman–Crippen MR) is 44.2 cm³/mol. The fourth-order valence-corrected chi connectivity index (χ4v) is 0.690. The first-order valence-electron chi connectivity index (χ1n) is 3.51. The fraction of sp³-hybridized carbons (Fsp3) is 0.167. The Kier molecular flexibility index (Phi) is 2.68. The lowest BCUT2D eigenvalue weighted by molar-refractivity contribution is 0.0690. The molecule has 7 heteroatoms. The molecular weight excluding hydrogens is 175 g/mol. The van der Waals surface area contributed by atoms with E-state index in [1.165, 1.54) is 7.85 Å². The number of aromatic carboxylic acids is 1. The second kappa shape index (κ2) is 3.75. The van der Waals surface area contributed by atoms with Crippen molar-refractivity contribution in [2.45, 2.75) is 6.54 Å². The molecule has 1 amide bonds. The number of carboxylic acids is 1. The normalized spacial score (nSPS) is 9.54. The molecule has 2 N–H and O–H groups in total. The maximum absolute atomic E-state index is 10.5. The lowest BCUT2D eigenvalue weighted by Gasteiger charge is -1.94. The Bertz CT molecular complexity index is 335. The molecule has 0 aliphatic carbocycles. The molecule has 0 saturated heterocycles. The molecule has 0 spiro atoms. The Morgan fingerprint density at radius 2 is 2.38 bits per heavy atom. The van der Waals surface area contributed by atoms with Gasteiger partial charge >= 0.3 is 5.97 Å². The third-order valence-electron chi connectivity index (χ3n) is 1.26. The summed E-state index contributed by atoms with van der Waals surface area (Å²) in [5.74, 6) is -1.21. The van der Waals surface area contributed by atoms with Crippen molar-refractivity contribution < 1.29 is 19.1 Å². The number of rotatable bonds is 3. The van der Waals surface area contributed by atoms with Gasteiger partial charge in [-0.15, -0.1) is 0 Å². The van der Waals surface area contributed by atoms with Crippen LogP contribution in [0.5, 0.6) is 0 Å². The van der Waals surface area contributed by atoms with E-state index in [1.807, 2.05) is 0 Å². The molecule has 6 nitrogen and oxygen atoms in total. The summed E-state index contributed by atoms with van der Waals surface area (Å²) in [7, 11) is 1.35. The summed E-state index contributed by atoms with van der Waals surface area (Å²) in [5, 5.41) is 10.9.